The predicted octanol–water partition coefficient (Wildman–Crippen LogP) is 4.42. The monoisotopic (exact) mass is 375 g/mol. The molecule has 5 heteroatoms. The maximum absolute atomic E-state index is 13.2. The highest BCUT2D eigenvalue weighted by molar-refractivity contribution is 6.16. The van der Waals surface area contributed by atoms with Crippen LogP contribution in [0.15, 0.2) is 47.5 Å². The molecule has 1 fully saturated rings. The zero-order valence-corrected chi connectivity index (χ0v) is 16.4. The van der Waals surface area contributed by atoms with Gasteiger partial charge in [0.1, 0.15) is 6.54 Å². The molecule has 2 aliphatic rings. The van der Waals surface area contributed by atoms with Gasteiger partial charge in [-0.25, -0.2) is 0 Å². The fourth-order valence-electron chi connectivity index (χ4n) is 4.16. The average Bonchev–Trinajstić information content (AvgIpc) is 3.12. The first kappa shape index (κ1) is 18.4. The van der Waals surface area contributed by atoms with Gasteiger partial charge >= 0.3 is 0 Å². The zero-order valence-electron chi connectivity index (χ0n) is 16.4. The first-order valence-electron chi connectivity index (χ1n) is 9.94. The number of aliphatic imine (C=N–C) groups is 1. The molecule has 1 saturated carbocycles. The lowest BCUT2D eigenvalue weighted by molar-refractivity contribution is -0.122. The second kappa shape index (κ2) is 7.58. The molecule has 2 amide bonds. The minimum Gasteiger partial charge on any atom is -0.324 e. The van der Waals surface area contributed by atoms with Crippen LogP contribution < -0.4 is 10.2 Å². The normalized spacial score (nSPS) is 18.2. The molecule has 1 aliphatic heterocycles. The standard InChI is InChI=1S/C23H25N3O2/c1-3-16-9-6-8-15(2)22(16)25-21(27)14-26-20-13-5-4-11-19(20)24-18-12-7-10-17(18)23(26)28/h4-6,8-9,11,13,17H,3,7,10,12,14H2,1-2H3,(H,25,27)/t17-/m0/s1. The van der Waals surface area contributed by atoms with Crippen LogP contribution in [0.2, 0.25) is 0 Å². The van der Waals surface area contributed by atoms with E-state index in [1.807, 2.05) is 49.4 Å². The van der Waals surface area contributed by atoms with Crippen molar-refractivity contribution in [3.05, 3.63) is 53.6 Å². The van der Waals surface area contributed by atoms with E-state index >= 15 is 0 Å². The molecular weight excluding hydrogens is 350 g/mol. The Balaban J connectivity index is 1.62. The Morgan fingerprint density at radius 3 is 2.86 bits per heavy atom. The molecule has 0 bridgehead atoms. The molecule has 1 N–H and O–H groups in total. The van der Waals surface area contributed by atoms with E-state index in [9.17, 15) is 9.59 Å². The van der Waals surface area contributed by atoms with Crippen LogP contribution in [0.1, 0.15) is 37.3 Å². The molecule has 0 aromatic heterocycles. The highest BCUT2D eigenvalue weighted by Gasteiger charge is 2.37. The lowest BCUT2D eigenvalue weighted by atomic mass is 10.0. The van der Waals surface area contributed by atoms with Crippen molar-refractivity contribution in [3.63, 3.8) is 0 Å². The average molecular weight is 375 g/mol. The van der Waals surface area contributed by atoms with Crippen molar-refractivity contribution in [1.29, 1.82) is 0 Å². The summed E-state index contributed by atoms with van der Waals surface area (Å²) in [5.41, 5.74) is 5.41. The Bertz CT molecular complexity index is 964. The second-order valence-corrected chi connectivity index (χ2v) is 7.47. The maximum atomic E-state index is 13.2. The Hall–Kier alpha value is -2.95. The molecule has 1 heterocycles. The Labute approximate surface area is 165 Å². The van der Waals surface area contributed by atoms with Gasteiger partial charge in [-0.05, 0) is 55.9 Å². The molecule has 5 nitrogen and oxygen atoms in total. The number of hydrogen-bond acceptors (Lipinski definition) is 3. The fraction of sp³-hybridized carbons (Fsp3) is 0.348. The summed E-state index contributed by atoms with van der Waals surface area (Å²) < 4.78 is 0. The SMILES string of the molecule is CCc1cccc(C)c1NC(=O)CN1C(=O)[C@H]2CCCC2=Nc2ccccc21. The van der Waals surface area contributed by atoms with E-state index in [4.69, 9.17) is 4.99 Å². The van der Waals surface area contributed by atoms with Gasteiger partial charge in [0.2, 0.25) is 11.8 Å². The fourth-order valence-corrected chi connectivity index (χ4v) is 4.16. The first-order chi connectivity index (χ1) is 13.6. The van der Waals surface area contributed by atoms with Crippen LogP contribution in [-0.4, -0.2) is 24.1 Å². The number of amides is 2. The Morgan fingerprint density at radius 2 is 2.04 bits per heavy atom. The molecule has 0 unspecified atom stereocenters. The lowest BCUT2D eigenvalue weighted by Crippen LogP contribution is -2.42. The van der Waals surface area contributed by atoms with E-state index in [1.54, 1.807) is 4.90 Å². The number of anilines is 2. The van der Waals surface area contributed by atoms with Crippen LogP contribution in [0.3, 0.4) is 0 Å². The van der Waals surface area contributed by atoms with Gasteiger partial charge in [0.15, 0.2) is 0 Å². The van der Waals surface area contributed by atoms with Crippen molar-refractivity contribution in [2.75, 3.05) is 16.8 Å². The number of para-hydroxylation sites is 3. The van der Waals surface area contributed by atoms with E-state index in [-0.39, 0.29) is 24.3 Å². The zero-order chi connectivity index (χ0) is 19.7. The number of hydrogen-bond donors (Lipinski definition) is 1. The van der Waals surface area contributed by atoms with Crippen molar-refractivity contribution in [2.45, 2.75) is 39.5 Å². The molecule has 1 aliphatic carbocycles. The van der Waals surface area contributed by atoms with E-state index in [0.717, 1.165) is 53.9 Å². The summed E-state index contributed by atoms with van der Waals surface area (Å²) in [4.78, 5) is 32.5. The molecule has 4 rings (SSSR count). The molecule has 0 spiro atoms. The molecule has 0 radical (unpaired) electrons. The highest BCUT2D eigenvalue weighted by Crippen LogP contribution is 2.37. The van der Waals surface area contributed by atoms with Gasteiger partial charge in [-0.2, -0.15) is 0 Å². The minimum absolute atomic E-state index is 0.00731. The van der Waals surface area contributed by atoms with Gasteiger partial charge in [0.05, 0.1) is 17.3 Å². The van der Waals surface area contributed by atoms with E-state index in [2.05, 4.69) is 12.2 Å². The topological polar surface area (TPSA) is 61.8 Å². The Kier molecular flexibility index (Phi) is 4.99. The van der Waals surface area contributed by atoms with E-state index < -0.39 is 0 Å². The molecule has 0 saturated heterocycles. The Morgan fingerprint density at radius 1 is 1.21 bits per heavy atom. The van der Waals surface area contributed by atoms with Crippen molar-refractivity contribution in [2.24, 2.45) is 10.9 Å². The van der Waals surface area contributed by atoms with Gasteiger partial charge < -0.3 is 10.2 Å². The van der Waals surface area contributed by atoms with Gasteiger partial charge in [-0.1, -0.05) is 37.3 Å². The lowest BCUT2D eigenvalue weighted by Gasteiger charge is -2.24. The largest absolute Gasteiger partial charge is 0.324 e. The molecule has 2 aromatic rings. The smallest absolute Gasteiger partial charge is 0.244 e. The summed E-state index contributed by atoms with van der Waals surface area (Å²) in [6, 6.07) is 13.6. The van der Waals surface area contributed by atoms with Crippen molar-refractivity contribution in [1.82, 2.24) is 0 Å². The number of carbonyl (C=O) groups excluding carboxylic acids is 2. The van der Waals surface area contributed by atoms with Crippen LogP contribution in [0.5, 0.6) is 0 Å². The minimum atomic E-state index is -0.204. The number of carbonyl (C=O) groups is 2. The van der Waals surface area contributed by atoms with Gasteiger partial charge in [0.25, 0.3) is 0 Å². The third-order valence-corrected chi connectivity index (χ3v) is 5.63. The summed E-state index contributed by atoms with van der Waals surface area (Å²) in [6.07, 6.45) is 3.47. The summed E-state index contributed by atoms with van der Waals surface area (Å²) in [5.74, 6) is -0.407. The van der Waals surface area contributed by atoms with Gasteiger partial charge in [0, 0.05) is 11.4 Å². The van der Waals surface area contributed by atoms with Crippen molar-refractivity contribution < 1.29 is 9.59 Å². The highest BCUT2D eigenvalue weighted by atomic mass is 16.2. The van der Waals surface area contributed by atoms with Crippen LogP contribution >= 0.6 is 0 Å². The summed E-state index contributed by atoms with van der Waals surface area (Å²) in [5, 5.41) is 3.04. The number of nitrogens with one attached hydrogen (secondary N) is 1. The molecular formula is C23H25N3O2. The third kappa shape index (κ3) is 3.33. The van der Waals surface area contributed by atoms with E-state index in [1.165, 1.54) is 0 Å². The maximum Gasteiger partial charge on any atom is 0.244 e. The quantitative estimate of drug-likeness (QED) is 0.860. The van der Waals surface area contributed by atoms with E-state index in [0.29, 0.717) is 5.69 Å². The van der Waals surface area contributed by atoms with Crippen molar-refractivity contribution >= 4 is 34.6 Å². The number of rotatable bonds is 4. The molecule has 144 valence electrons. The first-order valence-corrected chi connectivity index (χ1v) is 9.94. The predicted molar refractivity (Wildman–Crippen MR) is 112 cm³/mol. The summed E-state index contributed by atoms with van der Waals surface area (Å²) in [6.45, 7) is 4.05. The molecule has 2 aromatic carbocycles. The number of benzene rings is 2. The van der Waals surface area contributed by atoms with Crippen LogP contribution in [-0.2, 0) is 16.0 Å². The van der Waals surface area contributed by atoms with Gasteiger partial charge in [-0.3, -0.25) is 14.6 Å². The van der Waals surface area contributed by atoms with Crippen LogP contribution in [0, 0.1) is 12.8 Å². The molecule has 28 heavy (non-hydrogen) atoms. The third-order valence-electron chi connectivity index (χ3n) is 5.63. The van der Waals surface area contributed by atoms with Gasteiger partial charge in [-0.15, -0.1) is 0 Å². The van der Waals surface area contributed by atoms with Crippen LogP contribution in [0.25, 0.3) is 0 Å². The van der Waals surface area contributed by atoms with Crippen LogP contribution in [0.4, 0.5) is 17.1 Å². The number of aryl methyl sites for hydroxylation is 2. The summed E-state index contributed by atoms with van der Waals surface area (Å²) >= 11 is 0. The number of nitrogens with zero attached hydrogens (tertiary/aromatic N) is 2. The summed E-state index contributed by atoms with van der Waals surface area (Å²) in [7, 11) is 0. The second-order valence-electron chi connectivity index (χ2n) is 7.47. The molecule has 1 atom stereocenters. The van der Waals surface area contributed by atoms with Crippen molar-refractivity contribution in [3.8, 4) is 0 Å². The number of fused-ring (bicyclic) bond motifs is 2.